The van der Waals surface area contributed by atoms with Crippen LogP contribution in [0.5, 0.6) is 0 Å². The van der Waals surface area contributed by atoms with Crippen LogP contribution in [0.4, 0.5) is 0 Å². The van der Waals surface area contributed by atoms with E-state index in [1.807, 2.05) is 0 Å². The standard InChI is InChI=1S/C14H19BrN2O/c1-10(11-5-3-2-4-6-11)17-14(18)12-7-13(15)9-16-8-12/h7-11H,2-6H2,1H3,(H,17,18). The molecule has 1 fully saturated rings. The molecule has 0 bridgehead atoms. The minimum atomic E-state index is -0.0260. The minimum Gasteiger partial charge on any atom is -0.349 e. The Hall–Kier alpha value is -0.900. The molecule has 3 nitrogen and oxygen atoms in total. The van der Waals surface area contributed by atoms with Gasteiger partial charge in [0, 0.05) is 22.9 Å². The molecule has 1 aliphatic rings. The van der Waals surface area contributed by atoms with E-state index < -0.39 is 0 Å². The van der Waals surface area contributed by atoms with Gasteiger partial charge in [0.1, 0.15) is 0 Å². The van der Waals surface area contributed by atoms with Crippen molar-refractivity contribution in [2.75, 3.05) is 0 Å². The molecule has 0 spiro atoms. The number of pyridine rings is 1. The molecule has 1 N–H and O–H groups in total. The van der Waals surface area contributed by atoms with Crippen LogP contribution in [0.25, 0.3) is 0 Å². The van der Waals surface area contributed by atoms with Crippen LogP contribution in [0.2, 0.25) is 0 Å². The van der Waals surface area contributed by atoms with E-state index in [4.69, 9.17) is 0 Å². The molecule has 1 amide bonds. The first-order valence-electron chi connectivity index (χ1n) is 6.58. The number of aromatic nitrogens is 1. The largest absolute Gasteiger partial charge is 0.349 e. The van der Waals surface area contributed by atoms with Gasteiger partial charge in [-0.05, 0) is 47.7 Å². The van der Waals surface area contributed by atoms with Gasteiger partial charge in [0.05, 0.1) is 5.56 Å². The van der Waals surface area contributed by atoms with Gasteiger partial charge in [-0.2, -0.15) is 0 Å². The molecule has 2 rings (SSSR count). The van der Waals surface area contributed by atoms with Gasteiger partial charge in [-0.25, -0.2) is 0 Å². The number of amides is 1. The highest BCUT2D eigenvalue weighted by atomic mass is 79.9. The third-order valence-electron chi connectivity index (χ3n) is 3.68. The van der Waals surface area contributed by atoms with E-state index in [0.29, 0.717) is 11.5 Å². The lowest BCUT2D eigenvalue weighted by molar-refractivity contribution is 0.0919. The molecule has 0 saturated heterocycles. The molecule has 1 saturated carbocycles. The number of nitrogens with one attached hydrogen (secondary N) is 1. The maximum atomic E-state index is 12.1. The van der Waals surface area contributed by atoms with E-state index in [2.05, 4.69) is 33.2 Å². The second-order valence-electron chi connectivity index (χ2n) is 5.05. The molecule has 4 heteroatoms. The van der Waals surface area contributed by atoms with E-state index in [1.165, 1.54) is 32.1 Å². The Kier molecular flexibility index (Phi) is 4.75. The SMILES string of the molecule is CC(NC(=O)c1cncc(Br)c1)C1CCCCC1. The van der Waals surface area contributed by atoms with Crippen LogP contribution in [0.15, 0.2) is 22.9 Å². The summed E-state index contributed by atoms with van der Waals surface area (Å²) in [6.07, 6.45) is 9.69. The van der Waals surface area contributed by atoms with Gasteiger partial charge in [0.2, 0.25) is 0 Å². The summed E-state index contributed by atoms with van der Waals surface area (Å²) < 4.78 is 0.834. The first-order valence-corrected chi connectivity index (χ1v) is 7.37. The fourth-order valence-electron chi connectivity index (χ4n) is 2.58. The van der Waals surface area contributed by atoms with Crippen molar-refractivity contribution in [3.63, 3.8) is 0 Å². The van der Waals surface area contributed by atoms with Gasteiger partial charge in [0.25, 0.3) is 5.91 Å². The zero-order valence-corrected chi connectivity index (χ0v) is 12.2. The number of carbonyl (C=O) groups is 1. The molecule has 1 heterocycles. The molecular formula is C14H19BrN2O. The quantitative estimate of drug-likeness (QED) is 0.927. The molecule has 1 unspecified atom stereocenters. The molecule has 0 radical (unpaired) electrons. The molecule has 1 aromatic heterocycles. The molecule has 18 heavy (non-hydrogen) atoms. The Balaban J connectivity index is 1.94. The van der Waals surface area contributed by atoms with Crippen LogP contribution in [-0.2, 0) is 0 Å². The first-order chi connectivity index (χ1) is 8.66. The normalized spacial score (nSPS) is 18.3. The summed E-state index contributed by atoms with van der Waals surface area (Å²) >= 11 is 3.33. The maximum Gasteiger partial charge on any atom is 0.253 e. The van der Waals surface area contributed by atoms with E-state index in [9.17, 15) is 4.79 Å². The van der Waals surface area contributed by atoms with Crippen molar-refractivity contribution in [3.05, 3.63) is 28.5 Å². The number of hydrogen-bond acceptors (Lipinski definition) is 2. The van der Waals surface area contributed by atoms with E-state index in [1.54, 1.807) is 18.5 Å². The van der Waals surface area contributed by atoms with Crippen molar-refractivity contribution in [2.45, 2.75) is 45.1 Å². The van der Waals surface area contributed by atoms with Crippen LogP contribution in [0.3, 0.4) is 0 Å². The Morgan fingerprint density at radius 1 is 1.39 bits per heavy atom. The highest BCUT2D eigenvalue weighted by molar-refractivity contribution is 9.10. The average molecular weight is 311 g/mol. The lowest BCUT2D eigenvalue weighted by Gasteiger charge is -2.28. The lowest BCUT2D eigenvalue weighted by Crippen LogP contribution is -2.38. The second-order valence-corrected chi connectivity index (χ2v) is 5.97. The summed E-state index contributed by atoms with van der Waals surface area (Å²) in [6, 6.07) is 2.05. The van der Waals surface area contributed by atoms with Gasteiger partial charge in [-0.3, -0.25) is 9.78 Å². The molecule has 0 aliphatic heterocycles. The van der Waals surface area contributed by atoms with Crippen molar-refractivity contribution in [1.29, 1.82) is 0 Å². The third kappa shape index (κ3) is 3.55. The predicted octanol–water partition coefficient (Wildman–Crippen LogP) is 3.54. The Morgan fingerprint density at radius 2 is 2.11 bits per heavy atom. The minimum absolute atomic E-state index is 0.0260. The Labute approximate surface area is 117 Å². The van der Waals surface area contributed by atoms with Gasteiger partial charge < -0.3 is 5.32 Å². The average Bonchev–Trinajstić information content (AvgIpc) is 2.39. The summed E-state index contributed by atoms with van der Waals surface area (Å²) in [5.74, 6) is 0.602. The van der Waals surface area contributed by atoms with Gasteiger partial charge >= 0.3 is 0 Å². The molecule has 1 aliphatic carbocycles. The number of hydrogen-bond donors (Lipinski definition) is 1. The maximum absolute atomic E-state index is 12.1. The lowest BCUT2D eigenvalue weighted by atomic mass is 9.84. The molecule has 1 aromatic rings. The zero-order valence-electron chi connectivity index (χ0n) is 10.7. The first kappa shape index (κ1) is 13.5. The summed E-state index contributed by atoms with van der Waals surface area (Å²) in [5, 5.41) is 3.09. The highest BCUT2D eigenvalue weighted by Crippen LogP contribution is 2.26. The van der Waals surface area contributed by atoms with Crippen molar-refractivity contribution in [3.8, 4) is 0 Å². The fourth-order valence-corrected chi connectivity index (χ4v) is 2.94. The van der Waals surface area contributed by atoms with Crippen LogP contribution >= 0.6 is 15.9 Å². The molecule has 0 aromatic carbocycles. The van der Waals surface area contributed by atoms with Crippen LogP contribution in [0, 0.1) is 5.92 Å². The van der Waals surface area contributed by atoms with E-state index in [-0.39, 0.29) is 11.9 Å². The highest BCUT2D eigenvalue weighted by Gasteiger charge is 2.21. The summed E-state index contributed by atoms with van der Waals surface area (Å²) in [6.45, 7) is 2.11. The number of nitrogens with zero attached hydrogens (tertiary/aromatic N) is 1. The third-order valence-corrected chi connectivity index (χ3v) is 4.12. The van der Waals surface area contributed by atoms with Crippen molar-refractivity contribution in [2.24, 2.45) is 5.92 Å². The number of halogens is 1. The summed E-state index contributed by atoms with van der Waals surface area (Å²) in [7, 11) is 0. The van der Waals surface area contributed by atoms with Crippen LogP contribution < -0.4 is 5.32 Å². The second kappa shape index (κ2) is 6.32. The summed E-state index contributed by atoms with van der Waals surface area (Å²) in [5.41, 5.74) is 0.618. The topological polar surface area (TPSA) is 42.0 Å². The van der Waals surface area contributed by atoms with Crippen molar-refractivity contribution >= 4 is 21.8 Å². The van der Waals surface area contributed by atoms with Crippen molar-refractivity contribution in [1.82, 2.24) is 10.3 Å². The number of carbonyl (C=O) groups excluding carboxylic acids is 1. The van der Waals surface area contributed by atoms with Gasteiger partial charge in [-0.1, -0.05) is 19.3 Å². The Morgan fingerprint density at radius 3 is 2.78 bits per heavy atom. The zero-order chi connectivity index (χ0) is 13.0. The number of rotatable bonds is 3. The Bertz CT molecular complexity index is 416. The molecular weight excluding hydrogens is 292 g/mol. The fraction of sp³-hybridized carbons (Fsp3) is 0.571. The molecule has 98 valence electrons. The molecule has 1 atom stereocenters. The van der Waals surface area contributed by atoms with E-state index >= 15 is 0 Å². The monoisotopic (exact) mass is 310 g/mol. The van der Waals surface area contributed by atoms with Crippen LogP contribution in [-0.4, -0.2) is 16.9 Å². The van der Waals surface area contributed by atoms with Gasteiger partial charge in [0.15, 0.2) is 0 Å². The smallest absolute Gasteiger partial charge is 0.253 e. The van der Waals surface area contributed by atoms with Crippen LogP contribution in [0.1, 0.15) is 49.4 Å². The predicted molar refractivity (Wildman–Crippen MR) is 75.4 cm³/mol. The van der Waals surface area contributed by atoms with Gasteiger partial charge in [-0.15, -0.1) is 0 Å². The summed E-state index contributed by atoms with van der Waals surface area (Å²) in [4.78, 5) is 16.1. The van der Waals surface area contributed by atoms with E-state index in [0.717, 1.165) is 4.47 Å². The van der Waals surface area contributed by atoms with Crippen molar-refractivity contribution < 1.29 is 4.79 Å².